The van der Waals surface area contributed by atoms with Gasteiger partial charge in [0.2, 0.25) is 6.79 Å². The third kappa shape index (κ3) is 2.86. The fourth-order valence-electron chi connectivity index (χ4n) is 3.44. The lowest BCUT2D eigenvalue weighted by Gasteiger charge is -2.06. The lowest BCUT2D eigenvalue weighted by atomic mass is 9.99. The van der Waals surface area contributed by atoms with E-state index >= 15 is 0 Å². The molecular formula is C20H21ClN2O2. The van der Waals surface area contributed by atoms with Crippen LogP contribution < -0.4 is 15.2 Å². The van der Waals surface area contributed by atoms with Gasteiger partial charge in [0.1, 0.15) is 0 Å². The Kier molecular flexibility index (Phi) is 4.32. The number of unbranched alkanes of at least 4 members (excludes halogenated alkanes) is 1. The molecule has 0 unspecified atom stereocenters. The Balaban J connectivity index is 1.86. The molecule has 2 heterocycles. The van der Waals surface area contributed by atoms with Gasteiger partial charge in [0, 0.05) is 21.7 Å². The average molecular weight is 357 g/mol. The summed E-state index contributed by atoms with van der Waals surface area (Å²) in [6.45, 7) is 3.05. The molecule has 0 bridgehead atoms. The first kappa shape index (κ1) is 16.3. The Bertz CT molecular complexity index is 933. The highest BCUT2D eigenvalue weighted by Crippen LogP contribution is 2.39. The average Bonchev–Trinajstić information content (AvgIpc) is 3.22. The molecule has 5 heteroatoms. The zero-order valence-electron chi connectivity index (χ0n) is 14.2. The molecule has 0 amide bonds. The van der Waals surface area contributed by atoms with Gasteiger partial charge in [-0.15, -0.1) is 0 Å². The molecule has 4 nitrogen and oxygen atoms in total. The van der Waals surface area contributed by atoms with Crippen molar-refractivity contribution < 1.29 is 9.47 Å². The fourth-order valence-corrected chi connectivity index (χ4v) is 3.60. The van der Waals surface area contributed by atoms with Crippen molar-refractivity contribution in [3.8, 4) is 22.8 Å². The summed E-state index contributed by atoms with van der Waals surface area (Å²) < 4.78 is 11.0. The molecule has 0 aliphatic carbocycles. The summed E-state index contributed by atoms with van der Waals surface area (Å²) in [7, 11) is 0. The molecule has 3 N–H and O–H groups in total. The van der Waals surface area contributed by atoms with Gasteiger partial charge in [-0.25, -0.2) is 0 Å². The van der Waals surface area contributed by atoms with Gasteiger partial charge < -0.3 is 20.2 Å². The molecule has 1 aromatic heterocycles. The smallest absolute Gasteiger partial charge is 0.231 e. The fraction of sp³-hybridized carbons (Fsp3) is 0.300. The number of rotatable bonds is 5. The van der Waals surface area contributed by atoms with Gasteiger partial charge in [0.15, 0.2) is 11.5 Å². The van der Waals surface area contributed by atoms with Crippen LogP contribution in [-0.2, 0) is 6.42 Å². The van der Waals surface area contributed by atoms with E-state index < -0.39 is 0 Å². The number of aryl methyl sites for hydroxylation is 2. The molecule has 4 rings (SSSR count). The number of H-pyrrole nitrogens is 1. The van der Waals surface area contributed by atoms with Gasteiger partial charge in [-0.05, 0) is 68.1 Å². The van der Waals surface area contributed by atoms with E-state index in [0.29, 0.717) is 6.54 Å². The van der Waals surface area contributed by atoms with Crippen LogP contribution >= 0.6 is 11.6 Å². The standard InChI is InChI=1S/C20H21ClN2O2/c1-12-16(21)7-6-15-14(4-2-3-9-22)20(23-19(12)15)13-5-8-17-18(10-13)25-11-24-17/h5-8,10,23H,2-4,9,11,22H2,1H3. The van der Waals surface area contributed by atoms with Gasteiger partial charge in [-0.1, -0.05) is 17.7 Å². The zero-order valence-corrected chi connectivity index (χ0v) is 15.0. The number of benzene rings is 2. The maximum atomic E-state index is 6.33. The summed E-state index contributed by atoms with van der Waals surface area (Å²) in [5.74, 6) is 1.59. The van der Waals surface area contributed by atoms with Crippen molar-refractivity contribution >= 4 is 22.5 Å². The number of aromatic amines is 1. The second-order valence-corrected chi connectivity index (χ2v) is 6.79. The van der Waals surface area contributed by atoms with E-state index in [1.165, 1.54) is 10.9 Å². The number of fused-ring (bicyclic) bond motifs is 2. The maximum Gasteiger partial charge on any atom is 0.231 e. The number of hydrogen-bond donors (Lipinski definition) is 2. The predicted octanol–water partition coefficient (Wildman–Crippen LogP) is 4.81. The van der Waals surface area contributed by atoms with E-state index in [-0.39, 0.29) is 6.79 Å². The lowest BCUT2D eigenvalue weighted by Crippen LogP contribution is -1.99. The maximum absolute atomic E-state index is 6.33. The van der Waals surface area contributed by atoms with Crippen molar-refractivity contribution in [1.82, 2.24) is 4.98 Å². The van der Waals surface area contributed by atoms with Crippen molar-refractivity contribution in [3.63, 3.8) is 0 Å². The van der Waals surface area contributed by atoms with E-state index in [1.54, 1.807) is 0 Å². The van der Waals surface area contributed by atoms with E-state index in [1.807, 2.05) is 25.1 Å². The predicted molar refractivity (Wildman–Crippen MR) is 102 cm³/mol. The molecule has 0 radical (unpaired) electrons. The number of halogens is 1. The Hall–Kier alpha value is -2.17. The first-order chi connectivity index (χ1) is 12.2. The third-order valence-electron chi connectivity index (χ3n) is 4.82. The van der Waals surface area contributed by atoms with Crippen LogP contribution in [0.5, 0.6) is 11.5 Å². The Morgan fingerprint density at radius 1 is 1.12 bits per heavy atom. The highest BCUT2D eigenvalue weighted by Gasteiger charge is 2.19. The van der Waals surface area contributed by atoms with Crippen molar-refractivity contribution in [1.29, 1.82) is 0 Å². The second kappa shape index (κ2) is 6.62. The van der Waals surface area contributed by atoms with Crippen LogP contribution in [0.15, 0.2) is 30.3 Å². The van der Waals surface area contributed by atoms with Crippen molar-refractivity contribution in [2.45, 2.75) is 26.2 Å². The Labute approximate surface area is 151 Å². The molecule has 3 aromatic rings. The first-order valence-corrected chi connectivity index (χ1v) is 8.96. The van der Waals surface area contributed by atoms with E-state index in [4.69, 9.17) is 26.8 Å². The third-order valence-corrected chi connectivity index (χ3v) is 5.23. The minimum absolute atomic E-state index is 0.281. The normalized spacial score (nSPS) is 12.9. The van der Waals surface area contributed by atoms with Gasteiger partial charge in [-0.3, -0.25) is 0 Å². The Morgan fingerprint density at radius 2 is 1.96 bits per heavy atom. The molecule has 25 heavy (non-hydrogen) atoms. The van der Waals surface area contributed by atoms with Crippen LogP contribution in [0.4, 0.5) is 0 Å². The zero-order chi connectivity index (χ0) is 17.4. The Morgan fingerprint density at radius 3 is 2.80 bits per heavy atom. The summed E-state index contributed by atoms with van der Waals surface area (Å²) in [6.07, 6.45) is 3.05. The molecule has 1 aliphatic heterocycles. The van der Waals surface area contributed by atoms with Gasteiger partial charge in [0.05, 0.1) is 5.52 Å². The second-order valence-electron chi connectivity index (χ2n) is 6.39. The van der Waals surface area contributed by atoms with E-state index in [0.717, 1.165) is 58.1 Å². The van der Waals surface area contributed by atoms with Crippen LogP contribution in [0.25, 0.3) is 22.2 Å². The molecule has 0 spiro atoms. The van der Waals surface area contributed by atoms with Crippen LogP contribution in [0.1, 0.15) is 24.0 Å². The summed E-state index contributed by atoms with van der Waals surface area (Å²) >= 11 is 6.33. The molecule has 0 fully saturated rings. The minimum atomic E-state index is 0.281. The molecule has 130 valence electrons. The largest absolute Gasteiger partial charge is 0.454 e. The highest BCUT2D eigenvalue weighted by atomic mass is 35.5. The van der Waals surface area contributed by atoms with Crippen molar-refractivity contribution in [3.05, 3.63) is 46.5 Å². The SMILES string of the molecule is Cc1c(Cl)ccc2c(CCCCN)c(-c3ccc4c(c3)OCO4)[nH]c12. The summed E-state index contributed by atoms with van der Waals surface area (Å²) in [5, 5.41) is 2.01. The van der Waals surface area contributed by atoms with Crippen LogP contribution in [0.2, 0.25) is 5.02 Å². The van der Waals surface area contributed by atoms with Crippen LogP contribution in [0, 0.1) is 6.92 Å². The molecule has 0 saturated carbocycles. The monoisotopic (exact) mass is 356 g/mol. The topological polar surface area (TPSA) is 60.3 Å². The number of ether oxygens (including phenoxy) is 2. The van der Waals surface area contributed by atoms with Gasteiger partial charge >= 0.3 is 0 Å². The molecular weight excluding hydrogens is 336 g/mol. The van der Waals surface area contributed by atoms with Gasteiger partial charge in [0.25, 0.3) is 0 Å². The van der Waals surface area contributed by atoms with Crippen LogP contribution in [-0.4, -0.2) is 18.3 Å². The number of hydrogen-bond acceptors (Lipinski definition) is 3. The summed E-state index contributed by atoms with van der Waals surface area (Å²) in [6, 6.07) is 10.2. The molecule has 2 aromatic carbocycles. The number of nitrogens with two attached hydrogens (primary N) is 1. The van der Waals surface area contributed by atoms with E-state index in [2.05, 4.69) is 17.1 Å². The number of aromatic nitrogens is 1. The minimum Gasteiger partial charge on any atom is -0.454 e. The molecule has 0 atom stereocenters. The number of nitrogens with one attached hydrogen (secondary N) is 1. The lowest BCUT2D eigenvalue weighted by molar-refractivity contribution is 0.174. The van der Waals surface area contributed by atoms with Crippen LogP contribution in [0.3, 0.4) is 0 Å². The highest BCUT2D eigenvalue weighted by molar-refractivity contribution is 6.32. The molecule has 1 aliphatic rings. The molecule has 0 saturated heterocycles. The summed E-state index contributed by atoms with van der Waals surface area (Å²) in [4.78, 5) is 3.60. The van der Waals surface area contributed by atoms with Crippen molar-refractivity contribution in [2.24, 2.45) is 5.73 Å². The van der Waals surface area contributed by atoms with E-state index in [9.17, 15) is 0 Å². The summed E-state index contributed by atoms with van der Waals surface area (Å²) in [5.41, 5.74) is 11.4. The van der Waals surface area contributed by atoms with Crippen molar-refractivity contribution in [2.75, 3.05) is 13.3 Å². The van der Waals surface area contributed by atoms with Gasteiger partial charge in [-0.2, -0.15) is 0 Å². The quantitative estimate of drug-likeness (QED) is 0.645. The first-order valence-electron chi connectivity index (χ1n) is 8.59.